The van der Waals surface area contributed by atoms with Crippen molar-refractivity contribution >= 4 is 17.2 Å². The number of hydrogen-bond donors (Lipinski definition) is 1. The molecule has 1 heterocycles. The largest absolute Gasteiger partial charge is 0.416 e. The van der Waals surface area contributed by atoms with Crippen molar-refractivity contribution in [2.45, 2.75) is 24.6 Å². The van der Waals surface area contributed by atoms with Crippen molar-refractivity contribution in [1.29, 1.82) is 0 Å². The monoisotopic (exact) mass is 382 g/mol. The van der Waals surface area contributed by atoms with Crippen LogP contribution in [0, 0.1) is 5.92 Å². The van der Waals surface area contributed by atoms with Crippen molar-refractivity contribution in [3.05, 3.63) is 57.8 Å². The molecule has 0 aliphatic heterocycles. The van der Waals surface area contributed by atoms with Gasteiger partial charge in [-0.2, -0.15) is 13.2 Å². The second-order valence-electron chi connectivity index (χ2n) is 6.81. The number of carbonyl (C=O) groups is 1. The van der Waals surface area contributed by atoms with Crippen molar-refractivity contribution in [3.63, 3.8) is 0 Å². The molecule has 7 heteroatoms. The highest BCUT2D eigenvalue weighted by atomic mass is 32.1. The number of hydrogen-bond acceptors (Lipinski definition) is 3. The minimum absolute atomic E-state index is 0.0110. The summed E-state index contributed by atoms with van der Waals surface area (Å²) in [5, 5.41) is 5.00. The number of nitrogens with zero attached hydrogens (tertiary/aromatic N) is 1. The molecule has 0 radical (unpaired) electrons. The lowest BCUT2D eigenvalue weighted by molar-refractivity contribution is -0.137. The summed E-state index contributed by atoms with van der Waals surface area (Å²) in [5.74, 6) is -0.173. The number of likely N-dealkylation sites (N-methyl/N-ethyl adjacent to an activating group) is 1. The van der Waals surface area contributed by atoms with Crippen LogP contribution in [0.3, 0.4) is 0 Å². The van der Waals surface area contributed by atoms with Gasteiger partial charge in [0.25, 0.3) is 0 Å². The van der Waals surface area contributed by atoms with Gasteiger partial charge in [0.15, 0.2) is 0 Å². The van der Waals surface area contributed by atoms with E-state index < -0.39 is 11.7 Å². The van der Waals surface area contributed by atoms with E-state index in [4.69, 9.17) is 0 Å². The average molecular weight is 382 g/mol. The topological polar surface area (TPSA) is 32.3 Å². The Labute approximate surface area is 154 Å². The summed E-state index contributed by atoms with van der Waals surface area (Å²) in [6.07, 6.45) is -3.65. The second kappa shape index (κ2) is 7.40. The van der Waals surface area contributed by atoms with Crippen molar-refractivity contribution in [3.8, 4) is 0 Å². The van der Waals surface area contributed by atoms with E-state index >= 15 is 0 Å². The fraction of sp³-hybridized carbons (Fsp3) is 0.421. The molecule has 1 aromatic heterocycles. The number of carbonyl (C=O) groups excluding carboxylic acids is 1. The van der Waals surface area contributed by atoms with Gasteiger partial charge in [-0.05, 0) is 55.6 Å². The van der Waals surface area contributed by atoms with Gasteiger partial charge in [-0.1, -0.05) is 18.2 Å². The van der Waals surface area contributed by atoms with Crippen LogP contribution in [-0.2, 0) is 11.0 Å². The molecular formula is C19H21F3N2OS. The van der Waals surface area contributed by atoms with Crippen LogP contribution in [0.2, 0.25) is 0 Å². The zero-order chi connectivity index (χ0) is 18.9. The van der Waals surface area contributed by atoms with Gasteiger partial charge >= 0.3 is 6.18 Å². The van der Waals surface area contributed by atoms with Crippen LogP contribution in [0.15, 0.2) is 41.8 Å². The van der Waals surface area contributed by atoms with E-state index in [0.717, 1.165) is 17.7 Å². The van der Waals surface area contributed by atoms with Crippen LogP contribution < -0.4 is 5.32 Å². The molecule has 0 saturated heterocycles. The fourth-order valence-corrected chi connectivity index (χ4v) is 4.04. The van der Waals surface area contributed by atoms with Crippen molar-refractivity contribution < 1.29 is 18.0 Å². The quantitative estimate of drug-likeness (QED) is 0.808. The SMILES string of the molecule is CN(C)C(CNC(=O)C1CC1c1ccc(C(F)(F)F)cc1)c1cccs1. The van der Waals surface area contributed by atoms with Crippen LogP contribution >= 0.6 is 11.3 Å². The first kappa shape index (κ1) is 18.9. The third kappa shape index (κ3) is 4.27. The molecule has 140 valence electrons. The van der Waals surface area contributed by atoms with Gasteiger partial charge in [0.05, 0.1) is 11.6 Å². The normalized spacial score (nSPS) is 20.8. The molecule has 3 nitrogen and oxygen atoms in total. The Bertz CT molecular complexity index is 741. The van der Waals surface area contributed by atoms with E-state index in [1.165, 1.54) is 17.0 Å². The molecule has 1 saturated carbocycles. The van der Waals surface area contributed by atoms with E-state index in [9.17, 15) is 18.0 Å². The highest BCUT2D eigenvalue weighted by Gasteiger charge is 2.44. The molecule has 3 atom stereocenters. The molecule has 1 aromatic carbocycles. The third-order valence-electron chi connectivity index (χ3n) is 4.76. The lowest BCUT2D eigenvalue weighted by atomic mass is 10.1. The van der Waals surface area contributed by atoms with Gasteiger partial charge in [-0.3, -0.25) is 4.79 Å². The Morgan fingerprint density at radius 1 is 1.27 bits per heavy atom. The highest BCUT2D eigenvalue weighted by molar-refractivity contribution is 7.10. The van der Waals surface area contributed by atoms with Gasteiger partial charge in [-0.25, -0.2) is 0 Å². The molecule has 3 rings (SSSR count). The van der Waals surface area contributed by atoms with Crippen molar-refractivity contribution in [2.24, 2.45) is 5.92 Å². The molecule has 0 bridgehead atoms. The first-order valence-electron chi connectivity index (χ1n) is 8.42. The summed E-state index contributed by atoms with van der Waals surface area (Å²) in [4.78, 5) is 15.7. The first-order chi connectivity index (χ1) is 12.3. The molecule has 0 spiro atoms. The maximum Gasteiger partial charge on any atom is 0.416 e. The molecule has 3 unspecified atom stereocenters. The van der Waals surface area contributed by atoms with Gasteiger partial charge < -0.3 is 10.2 Å². The number of amides is 1. The van der Waals surface area contributed by atoms with Crippen LogP contribution in [0.4, 0.5) is 13.2 Å². The average Bonchev–Trinajstić information content (AvgIpc) is 3.21. The summed E-state index contributed by atoms with van der Waals surface area (Å²) in [7, 11) is 3.94. The van der Waals surface area contributed by atoms with Crippen LogP contribution in [0.25, 0.3) is 0 Å². The molecule has 1 N–H and O–H groups in total. The Morgan fingerprint density at radius 2 is 1.96 bits per heavy atom. The van der Waals surface area contributed by atoms with Crippen molar-refractivity contribution in [2.75, 3.05) is 20.6 Å². The number of rotatable bonds is 6. The standard InChI is InChI=1S/C19H21F3N2OS/c1-24(2)16(17-4-3-9-26-17)11-23-18(25)15-10-14(15)12-5-7-13(8-6-12)19(20,21)22/h3-9,14-16H,10-11H2,1-2H3,(H,23,25). The summed E-state index contributed by atoms with van der Waals surface area (Å²) < 4.78 is 37.9. The van der Waals surface area contributed by atoms with E-state index in [1.54, 1.807) is 11.3 Å². The van der Waals surface area contributed by atoms with E-state index in [0.29, 0.717) is 13.0 Å². The lowest BCUT2D eigenvalue weighted by Gasteiger charge is -2.23. The predicted molar refractivity (Wildman–Crippen MR) is 96.0 cm³/mol. The minimum Gasteiger partial charge on any atom is -0.354 e. The summed E-state index contributed by atoms with van der Waals surface area (Å²) in [6, 6.07) is 9.28. The fourth-order valence-electron chi connectivity index (χ4n) is 3.12. The van der Waals surface area contributed by atoms with Crippen LogP contribution in [0.5, 0.6) is 0 Å². The maximum atomic E-state index is 12.6. The van der Waals surface area contributed by atoms with E-state index in [-0.39, 0.29) is 23.8 Å². The molecule has 26 heavy (non-hydrogen) atoms. The minimum atomic E-state index is -4.33. The summed E-state index contributed by atoms with van der Waals surface area (Å²) in [6.45, 7) is 0.516. The van der Waals surface area contributed by atoms with Gasteiger partial charge in [-0.15, -0.1) is 11.3 Å². The Balaban J connectivity index is 1.56. The number of halogens is 3. The number of nitrogens with one attached hydrogen (secondary N) is 1. The van der Waals surface area contributed by atoms with Gasteiger partial charge in [0.1, 0.15) is 0 Å². The maximum absolute atomic E-state index is 12.6. The van der Waals surface area contributed by atoms with Crippen LogP contribution in [0.1, 0.15) is 34.4 Å². The van der Waals surface area contributed by atoms with Gasteiger partial charge in [0, 0.05) is 17.3 Å². The number of alkyl halides is 3. The summed E-state index contributed by atoms with van der Waals surface area (Å²) >= 11 is 1.65. The zero-order valence-corrected chi connectivity index (χ0v) is 15.4. The lowest BCUT2D eigenvalue weighted by Crippen LogP contribution is -2.35. The number of benzene rings is 1. The van der Waals surface area contributed by atoms with Crippen molar-refractivity contribution in [1.82, 2.24) is 10.2 Å². The highest BCUT2D eigenvalue weighted by Crippen LogP contribution is 2.48. The van der Waals surface area contributed by atoms with Crippen LogP contribution in [-0.4, -0.2) is 31.4 Å². The van der Waals surface area contributed by atoms with E-state index in [2.05, 4.69) is 10.2 Å². The molecule has 2 aromatic rings. The van der Waals surface area contributed by atoms with E-state index in [1.807, 2.05) is 31.6 Å². The second-order valence-corrected chi connectivity index (χ2v) is 7.79. The summed E-state index contributed by atoms with van der Waals surface area (Å²) in [5.41, 5.74) is 0.133. The zero-order valence-electron chi connectivity index (χ0n) is 14.6. The number of thiophene rings is 1. The first-order valence-corrected chi connectivity index (χ1v) is 9.30. The molecule has 1 fully saturated rings. The van der Waals surface area contributed by atoms with Gasteiger partial charge in [0.2, 0.25) is 5.91 Å². The predicted octanol–water partition coefficient (Wildman–Crippen LogP) is 4.29. The Kier molecular flexibility index (Phi) is 5.39. The molecule has 1 aliphatic rings. The molecule has 1 aliphatic carbocycles. The molecular weight excluding hydrogens is 361 g/mol. The molecule has 1 amide bonds. The smallest absolute Gasteiger partial charge is 0.354 e. The Hall–Kier alpha value is -1.86. The Morgan fingerprint density at radius 3 is 2.50 bits per heavy atom. The third-order valence-corrected chi connectivity index (χ3v) is 5.73.